The van der Waals surface area contributed by atoms with Crippen molar-refractivity contribution in [2.24, 2.45) is 5.10 Å². The van der Waals surface area contributed by atoms with Crippen molar-refractivity contribution in [2.45, 2.75) is 0 Å². The molecule has 10 heteroatoms. The zero-order valence-electron chi connectivity index (χ0n) is 11.9. The third-order valence-electron chi connectivity index (χ3n) is 2.88. The van der Waals surface area contributed by atoms with Crippen molar-refractivity contribution in [3.63, 3.8) is 0 Å². The minimum Gasteiger partial charge on any atom is -0.267 e. The normalized spacial score (nSPS) is 10.5. The van der Waals surface area contributed by atoms with Gasteiger partial charge in [0.15, 0.2) is 0 Å². The van der Waals surface area contributed by atoms with Crippen LogP contribution in [0, 0.1) is 26.0 Å². The number of nitro benzene ring substituents is 2. The molecule has 0 saturated carbocycles. The van der Waals surface area contributed by atoms with Crippen molar-refractivity contribution in [3.8, 4) is 0 Å². The Bertz CT molecular complexity index is 853. The van der Waals surface area contributed by atoms with Gasteiger partial charge in [0, 0.05) is 35.4 Å². The van der Waals surface area contributed by atoms with Gasteiger partial charge < -0.3 is 0 Å². The monoisotopic (exact) mass is 332 g/mol. The molecule has 9 nitrogen and oxygen atoms in total. The third kappa shape index (κ3) is 3.94. The number of halogens is 1. The first-order valence-corrected chi connectivity index (χ1v) is 6.40. The quantitative estimate of drug-likeness (QED) is 0.511. The van der Waals surface area contributed by atoms with E-state index in [4.69, 9.17) is 0 Å². The zero-order valence-corrected chi connectivity index (χ0v) is 11.9. The van der Waals surface area contributed by atoms with Crippen LogP contribution in [0.25, 0.3) is 0 Å². The summed E-state index contributed by atoms with van der Waals surface area (Å²) in [6, 6.07) is 7.80. The Hall–Kier alpha value is -3.69. The van der Waals surface area contributed by atoms with Crippen LogP contribution in [0.5, 0.6) is 0 Å². The Morgan fingerprint density at radius 1 is 1.08 bits per heavy atom. The summed E-state index contributed by atoms with van der Waals surface area (Å²) in [5.74, 6) is -1.50. The lowest BCUT2D eigenvalue weighted by molar-refractivity contribution is -0.385. The second-order valence-corrected chi connectivity index (χ2v) is 4.47. The van der Waals surface area contributed by atoms with Gasteiger partial charge >= 0.3 is 0 Å². The van der Waals surface area contributed by atoms with E-state index in [0.29, 0.717) is 0 Å². The number of carbonyl (C=O) groups is 1. The molecule has 0 aliphatic heterocycles. The standard InChI is InChI=1S/C14H9FN4O5/c15-13-5-4-12(19(23)24)7-10(13)8-16-17-14(20)9-2-1-3-11(6-9)18(21)22/h1-8H,(H,17,20). The molecule has 0 unspecified atom stereocenters. The predicted octanol–water partition coefficient (Wildman–Crippen LogP) is 2.41. The summed E-state index contributed by atoms with van der Waals surface area (Å²) in [7, 11) is 0. The Morgan fingerprint density at radius 3 is 2.42 bits per heavy atom. The smallest absolute Gasteiger partial charge is 0.267 e. The number of benzene rings is 2. The molecule has 2 rings (SSSR count). The molecule has 0 atom stereocenters. The van der Waals surface area contributed by atoms with Crippen LogP contribution in [0.2, 0.25) is 0 Å². The third-order valence-corrected chi connectivity index (χ3v) is 2.88. The largest absolute Gasteiger partial charge is 0.271 e. The lowest BCUT2D eigenvalue weighted by Crippen LogP contribution is -2.17. The van der Waals surface area contributed by atoms with Gasteiger partial charge in [-0.2, -0.15) is 5.10 Å². The van der Waals surface area contributed by atoms with Crippen molar-refractivity contribution >= 4 is 23.5 Å². The van der Waals surface area contributed by atoms with Crippen LogP contribution in [0.3, 0.4) is 0 Å². The van der Waals surface area contributed by atoms with E-state index < -0.39 is 21.6 Å². The molecule has 0 heterocycles. The number of nitrogens with zero attached hydrogens (tertiary/aromatic N) is 3. The summed E-state index contributed by atoms with van der Waals surface area (Å²) in [6.45, 7) is 0. The first kappa shape index (κ1) is 16.7. The number of amides is 1. The van der Waals surface area contributed by atoms with E-state index in [1.54, 1.807) is 0 Å². The molecular weight excluding hydrogens is 323 g/mol. The first-order valence-electron chi connectivity index (χ1n) is 6.40. The first-order chi connectivity index (χ1) is 11.4. The zero-order chi connectivity index (χ0) is 17.7. The maximum atomic E-state index is 13.5. The van der Waals surface area contributed by atoms with Gasteiger partial charge in [-0.3, -0.25) is 25.0 Å². The molecule has 2 aromatic carbocycles. The molecule has 1 amide bonds. The number of nitro groups is 2. The lowest BCUT2D eigenvalue weighted by atomic mass is 10.2. The molecule has 0 aliphatic carbocycles. The summed E-state index contributed by atoms with van der Waals surface area (Å²) in [5, 5.41) is 24.8. The fourth-order valence-corrected chi connectivity index (χ4v) is 1.73. The van der Waals surface area contributed by atoms with E-state index in [-0.39, 0.29) is 22.5 Å². The molecule has 0 aromatic heterocycles. The summed E-state index contributed by atoms with van der Waals surface area (Å²) in [4.78, 5) is 31.7. The highest BCUT2D eigenvalue weighted by Crippen LogP contribution is 2.15. The van der Waals surface area contributed by atoms with Gasteiger partial charge in [-0.05, 0) is 12.1 Å². The van der Waals surface area contributed by atoms with Gasteiger partial charge in [0.1, 0.15) is 5.82 Å². The Morgan fingerprint density at radius 2 is 1.75 bits per heavy atom. The van der Waals surface area contributed by atoms with Crippen molar-refractivity contribution < 1.29 is 19.0 Å². The number of nitrogens with one attached hydrogen (secondary N) is 1. The minimum atomic E-state index is -0.756. The van der Waals surface area contributed by atoms with Gasteiger partial charge in [-0.15, -0.1) is 0 Å². The molecule has 122 valence electrons. The molecule has 0 fully saturated rings. The Kier molecular flexibility index (Phi) is 4.90. The van der Waals surface area contributed by atoms with Gasteiger partial charge in [0.2, 0.25) is 0 Å². The maximum Gasteiger partial charge on any atom is 0.271 e. The van der Waals surface area contributed by atoms with Crippen molar-refractivity contribution in [3.05, 3.63) is 79.6 Å². The average molecular weight is 332 g/mol. The van der Waals surface area contributed by atoms with E-state index in [1.807, 2.05) is 0 Å². The minimum absolute atomic E-state index is 0.0131. The van der Waals surface area contributed by atoms with Crippen LogP contribution in [-0.4, -0.2) is 22.0 Å². The lowest BCUT2D eigenvalue weighted by Gasteiger charge is -2.00. The van der Waals surface area contributed by atoms with Gasteiger partial charge in [-0.25, -0.2) is 9.82 Å². The number of hydrogen-bond donors (Lipinski definition) is 1. The van der Waals surface area contributed by atoms with Gasteiger partial charge in [-0.1, -0.05) is 6.07 Å². The van der Waals surface area contributed by atoms with Crippen LogP contribution in [0.15, 0.2) is 47.6 Å². The highest BCUT2D eigenvalue weighted by atomic mass is 19.1. The van der Waals surface area contributed by atoms with E-state index >= 15 is 0 Å². The van der Waals surface area contributed by atoms with Crippen LogP contribution in [-0.2, 0) is 0 Å². The second kappa shape index (κ2) is 7.05. The number of hydrazone groups is 1. The molecule has 0 aliphatic rings. The Balaban J connectivity index is 2.13. The van der Waals surface area contributed by atoms with Gasteiger partial charge in [0.25, 0.3) is 17.3 Å². The molecule has 2 aromatic rings. The summed E-state index contributed by atoms with van der Waals surface area (Å²) in [6.07, 6.45) is 0.900. The van der Waals surface area contributed by atoms with Crippen LogP contribution < -0.4 is 5.43 Å². The van der Waals surface area contributed by atoms with Crippen LogP contribution >= 0.6 is 0 Å². The molecule has 0 radical (unpaired) electrons. The Labute approximate surface area is 133 Å². The van der Waals surface area contributed by atoms with E-state index in [0.717, 1.165) is 30.5 Å². The highest BCUT2D eigenvalue weighted by molar-refractivity contribution is 5.95. The molecule has 1 N–H and O–H groups in total. The van der Waals surface area contributed by atoms with E-state index in [2.05, 4.69) is 10.5 Å². The van der Waals surface area contributed by atoms with E-state index in [9.17, 15) is 29.4 Å². The number of non-ortho nitro benzene ring substituents is 2. The number of carbonyl (C=O) groups excluding carboxylic acids is 1. The number of hydrogen-bond acceptors (Lipinski definition) is 6. The van der Waals surface area contributed by atoms with Crippen LogP contribution in [0.4, 0.5) is 15.8 Å². The molecule has 24 heavy (non-hydrogen) atoms. The summed E-state index contributed by atoms with van der Waals surface area (Å²) < 4.78 is 13.5. The summed E-state index contributed by atoms with van der Waals surface area (Å²) >= 11 is 0. The molecule has 0 spiro atoms. The average Bonchev–Trinajstić information content (AvgIpc) is 2.56. The van der Waals surface area contributed by atoms with E-state index in [1.165, 1.54) is 18.2 Å². The molecule has 0 saturated heterocycles. The van der Waals surface area contributed by atoms with Crippen LogP contribution in [0.1, 0.15) is 15.9 Å². The maximum absolute atomic E-state index is 13.5. The topological polar surface area (TPSA) is 128 Å². The fraction of sp³-hybridized carbons (Fsp3) is 0. The predicted molar refractivity (Wildman–Crippen MR) is 81.2 cm³/mol. The summed E-state index contributed by atoms with van der Waals surface area (Å²) in [5.41, 5.74) is 1.26. The van der Waals surface area contributed by atoms with Crippen molar-refractivity contribution in [2.75, 3.05) is 0 Å². The van der Waals surface area contributed by atoms with Crippen molar-refractivity contribution in [1.82, 2.24) is 5.43 Å². The number of rotatable bonds is 5. The van der Waals surface area contributed by atoms with Crippen molar-refractivity contribution in [1.29, 1.82) is 0 Å². The molecular formula is C14H9FN4O5. The van der Waals surface area contributed by atoms with Gasteiger partial charge in [0.05, 0.1) is 16.1 Å². The highest BCUT2D eigenvalue weighted by Gasteiger charge is 2.12. The second-order valence-electron chi connectivity index (χ2n) is 4.47. The molecule has 0 bridgehead atoms. The fourth-order valence-electron chi connectivity index (χ4n) is 1.73. The SMILES string of the molecule is O=C(NN=Cc1cc([N+](=O)[O-])ccc1F)c1cccc([N+](=O)[O-])c1.